The predicted molar refractivity (Wildman–Crippen MR) is 99.5 cm³/mol. The lowest BCUT2D eigenvalue weighted by molar-refractivity contribution is -0.140. The SMILES string of the molecule is CC(C)CN1C(=O)C(=O)C(=C(O)c2ccc(Cl)cc2)[C@H]1c1ccccn1. The zero-order valence-electron chi connectivity index (χ0n) is 14.5. The van der Waals surface area contributed by atoms with E-state index < -0.39 is 17.7 Å². The summed E-state index contributed by atoms with van der Waals surface area (Å²) in [5.41, 5.74) is 1.03. The van der Waals surface area contributed by atoms with Gasteiger partial charge in [-0.3, -0.25) is 14.6 Å². The molecular formula is C20H19ClN2O3. The highest BCUT2D eigenvalue weighted by Gasteiger charge is 2.46. The van der Waals surface area contributed by atoms with Gasteiger partial charge in [0.05, 0.1) is 11.3 Å². The number of hydrogen-bond donors (Lipinski definition) is 1. The Morgan fingerprint density at radius 2 is 1.88 bits per heavy atom. The fourth-order valence-corrected chi connectivity index (χ4v) is 3.20. The third-order valence-corrected chi connectivity index (χ3v) is 4.44. The number of benzene rings is 1. The molecule has 1 fully saturated rings. The Kier molecular flexibility index (Phi) is 5.09. The Bertz CT molecular complexity index is 860. The zero-order valence-corrected chi connectivity index (χ0v) is 15.3. The van der Waals surface area contributed by atoms with E-state index >= 15 is 0 Å². The predicted octanol–water partition coefficient (Wildman–Crippen LogP) is 3.81. The van der Waals surface area contributed by atoms with E-state index in [0.29, 0.717) is 22.8 Å². The van der Waals surface area contributed by atoms with Gasteiger partial charge in [0.2, 0.25) is 0 Å². The van der Waals surface area contributed by atoms with Gasteiger partial charge in [0.1, 0.15) is 11.8 Å². The van der Waals surface area contributed by atoms with E-state index in [-0.39, 0.29) is 17.3 Å². The number of nitrogens with zero attached hydrogens (tertiary/aromatic N) is 2. The molecule has 3 rings (SSSR count). The Morgan fingerprint density at radius 3 is 2.46 bits per heavy atom. The minimum absolute atomic E-state index is 0.0525. The number of aliphatic hydroxyl groups is 1. The average molecular weight is 371 g/mol. The summed E-state index contributed by atoms with van der Waals surface area (Å²) in [6, 6.07) is 11.1. The number of halogens is 1. The number of pyridine rings is 1. The molecule has 1 N–H and O–H groups in total. The van der Waals surface area contributed by atoms with E-state index in [1.807, 2.05) is 13.8 Å². The first-order valence-electron chi connectivity index (χ1n) is 8.35. The summed E-state index contributed by atoms with van der Waals surface area (Å²) in [6.07, 6.45) is 1.60. The first kappa shape index (κ1) is 18.1. The van der Waals surface area contributed by atoms with Crippen molar-refractivity contribution in [3.8, 4) is 0 Å². The van der Waals surface area contributed by atoms with Crippen molar-refractivity contribution in [2.24, 2.45) is 5.92 Å². The molecule has 0 spiro atoms. The summed E-state index contributed by atoms with van der Waals surface area (Å²) < 4.78 is 0. The molecule has 0 bridgehead atoms. The molecule has 0 saturated carbocycles. The number of ketones is 1. The molecule has 1 amide bonds. The highest BCUT2D eigenvalue weighted by Crippen LogP contribution is 2.38. The molecule has 0 radical (unpaired) electrons. The first-order chi connectivity index (χ1) is 12.4. The topological polar surface area (TPSA) is 70.5 Å². The van der Waals surface area contributed by atoms with Crippen LogP contribution in [-0.2, 0) is 9.59 Å². The van der Waals surface area contributed by atoms with Gasteiger partial charge in [-0.2, -0.15) is 0 Å². The lowest BCUT2D eigenvalue weighted by Gasteiger charge is -2.26. The first-order valence-corrected chi connectivity index (χ1v) is 8.73. The smallest absolute Gasteiger partial charge is 0.295 e. The lowest BCUT2D eigenvalue weighted by atomic mass is 9.98. The van der Waals surface area contributed by atoms with E-state index in [1.165, 1.54) is 4.90 Å². The number of aliphatic hydroxyl groups excluding tert-OH is 1. The number of aromatic nitrogens is 1. The van der Waals surface area contributed by atoms with Crippen LogP contribution < -0.4 is 0 Å². The normalized spacial score (nSPS) is 19.4. The molecule has 1 aliphatic heterocycles. The fraction of sp³-hybridized carbons (Fsp3) is 0.250. The highest BCUT2D eigenvalue weighted by molar-refractivity contribution is 6.46. The molecule has 0 unspecified atom stereocenters. The number of amides is 1. The van der Waals surface area contributed by atoms with Crippen LogP contribution in [-0.4, -0.2) is 33.2 Å². The van der Waals surface area contributed by atoms with Gasteiger partial charge in [-0.15, -0.1) is 0 Å². The molecule has 1 atom stereocenters. The Hall–Kier alpha value is -2.66. The zero-order chi connectivity index (χ0) is 18.8. The van der Waals surface area contributed by atoms with E-state index in [1.54, 1.807) is 48.7 Å². The maximum absolute atomic E-state index is 12.7. The number of likely N-dealkylation sites (tertiary alicyclic amines) is 1. The third-order valence-electron chi connectivity index (χ3n) is 4.19. The van der Waals surface area contributed by atoms with Gasteiger partial charge in [-0.05, 0) is 42.3 Å². The van der Waals surface area contributed by atoms with Crippen molar-refractivity contribution < 1.29 is 14.7 Å². The Labute approximate surface area is 156 Å². The van der Waals surface area contributed by atoms with Crippen molar-refractivity contribution in [3.63, 3.8) is 0 Å². The van der Waals surface area contributed by atoms with Crippen molar-refractivity contribution in [2.75, 3.05) is 6.54 Å². The Balaban J connectivity index is 2.17. The maximum atomic E-state index is 12.7. The van der Waals surface area contributed by atoms with Crippen molar-refractivity contribution in [3.05, 3.63) is 70.5 Å². The second-order valence-corrected chi connectivity index (χ2v) is 7.04. The van der Waals surface area contributed by atoms with Crippen LogP contribution in [0.25, 0.3) is 5.76 Å². The van der Waals surface area contributed by atoms with Crippen LogP contribution in [0.5, 0.6) is 0 Å². The molecule has 134 valence electrons. The van der Waals surface area contributed by atoms with Gasteiger partial charge in [-0.1, -0.05) is 31.5 Å². The quantitative estimate of drug-likeness (QED) is 0.504. The van der Waals surface area contributed by atoms with Gasteiger partial charge in [-0.25, -0.2) is 0 Å². The second-order valence-electron chi connectivity index (χ2n) is 6.61. The third kappa shape index (κ3) is 3.35. The van der Waals surface area contributed by atoms with Gasteiger partial charge < -0.3 is 10.0 Å². The Morgan fingerprint density at radius 1 is 1.19 bits per heavy atom. The highest BCUT2D eigenvalue weighted by atomic mass is 35.5. The van der Waals surface area contributed by atoms with Crippen molar-refractivity contribution in [1.82, 2.24) is 9.88 Å². The van der Waals surface area contributed by atoms with Crippen LogP contribution in [0.3, 0.4) is 0 Å². The molecule has 1 aromatic carbocycles. The van der Waals surface area contributed by atoms with Crippen LogP contribution >= 0.6 is 11.6 Å². The molecule has 2 aromatic rings. The summed E-state index contributed by atoms with van der Waals surface area (Å²) >= 11 is 5.90. The molecule has 0 aliphatic carbocycles. The van der Waals surface area contributed by atoms with Gasteiger partial charge >= 0.3 is 0 Å². The van der Waals surface area contributed by atoms with Crippen molar-refractivity contribution >= 4 is 29.1 Å². The van der Waals surface area contributed by atoms with Crippen molar-refractivity contribution in [1.29, 1.82) is 0 Å². The molecule has 1 saturated heterocycles. The van der Waals surface area contributed by atoms with Crippen LogP contribution in [0.15, 0.2) is 54.2 Å². The number of Topliss-reactive ketones (excluding diaryl/α,β-unsaturated/α-hetero) is 1. The molecule has 6 heteroatoms. The number of hydrogen-bond acceptors (Lipinski definition) is 4. The monoisotopic (exact) mass is 370 g/mol. The van der Waals surface area contributed by atoms with Gasteiger partial charge in [0, 0.05) is 23.3 Å². The molecule has 1 aromatic heterocycles. The summed E-state index contributed by atoms with van der Waals surface area (Å²) in [4.78, 5) is 31.1. The van der Waals surface area contributed by atoms with E-state index in [9.17, 15) is 14.7 Å². The van der Waals surface area contributed by atoms with Gasteiger partial charge in [0.15, 0.2) is 0 Å². The van der Waals surface area contributed by atoms with E-state index in [2.05, 4.69) is 4.98 Å². The van der Waals surface area contributed by atoms with Crippen molar-refractivity contribution in [2.45, 2.75) is 19.9 Å². The standard InChI is InChI=1S/C20H19ClN2O3/c1-12(2)11-23-17(15-5-3-4-10-22-15)16(19(25)20(23)26)18(24)13-6-8-14(21)9-7-13/h3-10,12,17,24H,11H2,1-2H3/t17-/m1/s1. The number of carbonyl (C=O) groups is 2. The largest absolute Gasteiger partial charge is 0.507 e. The maximum Gasteiger partial charge on any atom is 0.295 e. The van der Waals surface area contributed by atoms with Crippen LogP contribution in [0, 0.1) is 5.92 Å². The molecule has 5 nitrogen and oxygen atoms in total. The number of rotatable bonds is 4. The second kappa shape index (κ2) is 7.30. The molecular weight excluding hydrogens is 352 g/mol. The van der Waals surface area contributed by atoms with E-state index in [0.717, 1.165) is 0 Å². The number of carbonyl (C=O) groups excluding carboxylic acids is 2. The summed E-state index contributed by atoms with van der Waals surface area (Å²) in [6.45, 7) is 4.32. The summed E-state index contributed by atoms with van der Waals surface area (Å²) in [7, 11) is 0. The summed E-state index contributed by atoms with van der Waals surface area (Å²) in [5.74, 6) is -1.38. The fourth-order valence-electron chi connectivity index (χ4n) is 3.07. The lowest BCUT2D eigenvalue weighted by Crippen LogP contribution is -2.33. The minimum atomic E-state index is -0.714. The van der Waals surface area contributed by atoms with Crippen LogP contribution in [0.4, 0.5) is 0 Å². The molecule has 26 heavy (non-hydrogen) atoms. The van der Waals surface area contributed by atoms with E-state index in [4.69, 9.17) is 11.6 Å². The molecule has 2 heterocycles. The van der Waals surface area contributed by atoms with Crippen LogP contribution in [0.2, 0.25) is 5.02 Å². The van der Waals surface area contributed by atoms with Gasteiger partial charge in [0.25, 0.3) is 11.7 Å². The average Bonchev–Trinajstić information content (AvgIpc) is 2.87. The minimum Gasteiger partial charge on any atom is -0.507 e. The van der Waals surface area contributed by atoms with Crippen LogP contribution in [0.1, 0.15) is 31.1 Å². The summed E-state index contributed by atoms with van der Waals surface area (Å²) in [5, 5.41) is 11.3. The molecule has 1 aliphatic rings.